The maximum absolute atomic E-state index is 13.0. The molecule has 0 atom stereocenters. The standard InChI is InChI=1S/C24H20N2O4S/c1-17-12-13-22(21-11-6-14-25-23(17)21)31(28,29)30-20-10-5-9-19(15-20)24(27)26-16-18-7-3-2-4-8-18/h2-15H,16H2,1H3,(H,26,27). The molecule has 7 heteroatoms. The summed E-state index contributed by atoms with van der Waals surface area (Å²) in [5.41, 5.74) is 2.73. The van der Waals surface area contributed by atoms with Crippen LogP contribution in [-0.4, -0.2) is 19.3 Å². The molecular weight excluding hydrogens is 412 g/mol. The minimum Gasteiger partial charge on any atom is -0.379 e. The van der Waals surface area contributed by atoms with Gasteiger partial charge in [-0.05, 0) is 54.4 Å². The van der Waals surface area contributed by atoms with Crippen LogP contribution in [0.1, 0.15) is 21.5 Å². The third-order valence-electron chi connectivity index (χ3n) is 4.80. The van der Waals surface area contributed by atoms with Crippen LogP contribution in [0.25, 0.3) is 10.9 Å². The smallest absolute Gasteiger partial charge is 0.339 e. The zero-order valence-electron chi connectivity index (χ0n) is 16.8. The molecule has 3 aromatic carbocycles. The molecule has 4 aromatic rings. The molecule has 0 radical (unpaired) electrons. The Kier molecular flexibility index (Phi) is 5.68. The lowest BCUT2D eigenvalue weighted by Crippen LogP contribution is -2.22. The molecule has 31 heavy (non-hydrogen) atoms. The van der Waals surface area contributed by atoms with Gasteiger partial charge in [0.25, 0.3) is 5.91 Å². The van der Waals surface area contributed by atoms with Crippen molar-refractivity contribution in [3.8, 4) is 5.75 Å². The highest BCUT2D eigenvalue weighted by Crippen LogP contribution is 2.27. The molecule has 0 spiro atoms. The van der Waals surface area contributed by atoms with Gasteiger partial charge in [0.2, 0.25) is 0 Å². The third kappa shape index (κ3) is 4.57. The van der Waals surface area contributed by atoms with Crippen molar-refractivity contribution in [1.29, 1.82) is 0 Å². The number of carbonyl (C=O) groups is 1. The topological polar surface area (TPSA) is 85.4 Å². The van der Waals surface area contributed by atoms with Gasteiger partial charge in [-0.1, -0.05) is 42.5 Å². The second-order valence-corrected chi connectivity index (χ2v) is 8.53. The number of amides is 1. The molecule has 0 saturated carbocycles. The van der Waals surface area contributed by atoms with Crippen LogP contribution in [0.4, 0.5) is 0 Å². The van der Waals surface area contributed by atoms with Gasteiger partial charge in [-0.2, -0.15) is 8.42 Å². The van der Waals surface area contributed by atoms with Crippen LogP contribution in [0.3, 0.4) is 0 Å². The van der Waals surface area contributed by atoms with Crippen molar-refractivity contribution in [2.75, 3.05) is 0 Å². The van der Waals surface area contributed by atoms with Crippen molar-refractivity contribution in [2.24, 2.45) is 0 Å². The Balaban J connectivity index is 1.56. The first-order valence-electron chi connectivity index (χ1n) is 9.65. The molecule has 0 unspecified atom stereocenters. The van der Waals surface area contributed by atoms with E-state index < -0.39 is 10.1 Å². The average molecular weight is 433 g/mol. The third-order valence-corrected chi connectivity index (χ3v) is 6.11. The molecule has 0 aliphatic carbocycles. The molecule has 1 amide bonds. The van der Waals surface area contributed by atoms with Crippen molar-refractivity contribution in [1.82, 2.24) is 10.3 Å². The van der Waals surface area contributed by atoms with Crippen molar-refractivity contribution >= 4 is 26.9 Å². The van der Waals surface area contributed by atoms with Crippen LogP contribution >= 0.6 is 0 Å². The summed E-state index contributed by atoms with van der Waals surface area (Å²) in [6.45, 7) is 2.23. The van der Waals surface area contributed by atoms with Crippen molar-refractivity contribution in [3.05, 3.63) is 102 Å². The monoisotopic (exact) mass is 432 g/mol. The first-order chi connectivity index (χ1) is 14.9. The van der Waals surface area contributed by atoms with Crippen LogP contribution < -0.4 is 9.50 Å². The molecule has 0 saturated heterocycles. The van der Waals surface area contributed by atoms with E-state index in [1.54, 1.807) is 36.5 Å². The van der Waals surface area contributed by atoms with E-state index in [-0.39, 0.29) is 16.6 Å². The molecular formula is C24H20N2O4S. The maximum Gasteiger partial charge on any atom is 0.339 e. The summed E-state index contributed by atoms with van der Waals surface area (Å²) in [7, 11) is -4.13. The van der Waals surface area contributed by atoms with Gasteiger partial charge in [-0.25, -0.2) is 0 Å². The van der Waals surface area contributed by atoms with Crippen molar-refractivity contribution in [3.63, 3.8) is 0 Å². The predicted molar refractivity (Wildman–Crippen MR) is 118 cm³/mol. The Hall–Kier alpha value is -3.71. The van der Waals surface area contributed by atoms with E-state index in [1.807, 2.05) is 37.3 Å². The number of pyridine rings is 1. The largest absolute Gasteiger partial charge is 0.379 e. The molecule has 0 fully saturated rings. The number of carbonyl (C=O) groups excluding carboxylic acids is 1. The fourth-order valence-corrected chi connectivity index (χ4v) is 4.36. The maximum atomic E-state index is 13.0. The predicted octanol–water partition coefficient (Wildman–Crippen LogP) is 4.24. The lowest BCUT2D eigenvalue weighted by atomic mass is 10.1. The number of hydrogen-bond acceptors (Lipinski definition) is 5. The normalized spacial score (nSPS) is 11.3. The van der Waals surface area contributed by atoms with E-state index in [0.717, 1.165) is 11.1 Å². The Morgan fingerprint density at radius 3 is 2.58 bits per heavy atom. The van der Waals surface area contributed by atoms with Crippen molar-refractivity contribution < 1.29 is 17.4 Å². The van der Waals surface area contributed by atoms with Crippen LogP contribution in [0.5, 0.6) is 5.75 Å². The van der Waals surface area contributed by atoms with E-state index >= 15 is 0 Å². The molecule has 0 aliphatic heterocycles. The summed E-state index contributed by atoms with van der Waals surface area (Å²) in [4.78, 5) is 16.8. The van der Waals surface area contributed by atoms with Crippen LogP contribution in [0.15, 0.2) is 90.0 Å². The van der Waals surface area contributed by atoms with Crippen LogP contribution in [0, 0.1) is 6.92 Å². The fourth-order valence-electron chi connectivity index (χ4n) is 3.25. The van der Waals surface area contributed by atoms with E-state index in [1.165, 1.54) is 18.2 Å². The highest BCUT2D eigenvalue weighted by molar-refractivity contribution is 7.87. The number of nitrogens with one attached hydrogen (secondary N) is 1. The van der Waals surface area contributed by atoms with E-state index in [2.05, 4.69) is 10.3 Å². The summed E-state index contributed by atoms with van der Waals surface area (Å²) in [6, 6.07) is 22.2. The van der Waals surface area contributed by atoms with Gasteiger partial charge in [-0.15, -0.1) is 0 Å². The van der Waals surface area contributed by atoms with E-state index in [9.17, 15) is 13.2 Å². The Morgan fingerprint density at radius 1 is 0.968 bits per heavy atom. The van der Waals surface area contributed by atoms with Gasteiger partial charge in [0, 0.05) is 23.7 Å². The lowest BCUT2D eigenvalue weighted by Gasteiger charge is -2.11. The molecule has 156 valence electrons. The first kappa shape index (κ1) is 20.6. The minimum atomic E-state index is -4.13. The zero-order chi connectivity index (χ0) is 21.8. The summed E-state index contributed by atoms with van der Waals surface area (Å²) in [5, 5.41) is 3.30. The fraction of sp³-hybridized carbons (Fsp3) is 0.0833. The Labute approximate surface area is 180 Å². The number of benzene rings is 3. The SMILES string of the molecule is Cc1ccc(S(=O)(=O)Oc2cccc(C(=O)NCc3ccccc3)c2)c2cccnc12. The molecule has 1 heterocycles. The van der Waals surface area contributed by atoms with Gasteiger partial charge in [0.05, 0.1) is 5.52 Å². The highest BCUT2D eigenvalue weighted by Gasteiger charge is 2.21. The molecule has 0 aliphatic rings. The van der Waals surface area contributed by atoms with Crippen LogP contribution in [0.2, 0.25) is 0 Å². The summed E-state index contributed by atoms with van der Waals surface area (Å²) >= 11 is 0. The highest BCUT2D eigenvalue weighted by atomic mass is 32.2. The van der Waals surface area contributed by atoms with Crippen LogP contribution in [-0.2, 0) is 16.7 Å². The van der Waals surface area contributed by atoms with Gasteiger partial charge in [0.1, 0.15) is 10.6 Å². The van der Waals surface area contributed by atoms with Gasteiger partial charge in [0.15, 0.2) is 0 Å². The summed E-state index contributed by atoms with van der Waals surface area (Å²) in [6.07, 6.45) is 1.62. The number of aryl methyl sites for hydroxylation is 1. The average Bonchev–Trinajstić information content (AvgIpc) is 2.78. The first-order valence-corrected chi connectivity index (χ1v) is 11.1. The molecule has 0 bridgehead atoms. The molecule has 1 aromatic heterocycles. The summed E-state index contributed by atoms with van der Waals surface area (Å²) in [5.74, 6) is -0.262. The number of nitrogens with zero attached hydrogens (tertiary/aromatic N) is 1. The number of hydrogen-bond donors (Lipinski definition) is 1. The Morgan fingerprint density at radius 2 is 1.77 bits per heavy atom. The minimum absolute atomic E-state index is 0.0279. The number of aromatic nitrogens is 1. The van der Waals surface area contributed by atoms with E-state index in [0.29, 0.717) is 23.0 Å². The number of fused-ring (bicyclic) bond motifs is 1. The molecule has 6 nitrogen and oxygen atoms in total. The quantitative estimate of drug-likeness (QED) is 0.461. The Bertz CT molecular complexity index is 1350. The second kappa shape index (κ2) is 8.57. The lowest BCUT2D eigenvalue weighted by molar-refractivity contribution is 0.0950. The number of rotatable bonds is 6. The van der Waals surface area contributed by atoms with Gasteiger partial charge in [-0.3, -0.25) is 9.78 Å². The van der Waals surface area contributed by atoms with E-state index in [4.69, 9.17) is 4.18 Å². The van der Waals surface area contributed by atoms with Crippen molar-refractivity contribution in [2.45, 2.75) is 18.4 Å². The summed E-state index contributed by atoms with van der Waals surface area (Å²) < 4.78 is 31.3. The second-order valence-electron chi connectivity index (χ2n) is 7.01. The molecule has 4 rings (SSSR count). The zero-order valence-corrected chi connectivity index (χ0v) is 17.6. The van der Waals surface area contributed by atoms with Gasteiger partial charge < -0.3 is 9.50 Å². The molecule has 1 N–H and O–H groups in total. The van der Waals surface area contributed by atoms with Gasteiger partial charge >= 0.3 is 10.1 Å².